The lowest BCUT2D eigenvalue weighted by molar-refractivity contribution is 0.0971. The van der Waals surface area contributed by atoms with Gasteiger partial charge in [-0.25, -0.2) is 4.39 Å². The molecule has 0 amide bonds. The van der Waals surface area contributed by atoms with Crippen molar-refractivity contribution in [2.45, 2.75) is 13.0 Å². The third kappa shape index (κ3) is 2.56. The summed E-state index contributed by atoms with van der Waals surface area (Å²) >= 11 is 0. The van der Waals surface area contributed by atoms with Crippen molar-refractivity contribution >= 4 is 0 Å². The predicted molar refractivity (Wildman–Crippen MR) is 80.5 cm³/mol. The van der Waals surface area contributed by atoms with Gasteiger partial charge in [0.2, 0.25) is 0 Å². The Balaban J connectivity index is 2.08. The molecule has 112 valence electrons. The van der Waals surface area contributed by atoms with Crippen LogP contribution in [-0.4, -0.2) is 19.3 Å². The van der Waals surface area contributed by atoms with Gasteiger partial charge in [-0.05, 0) is 35.7 Å². The fraction of sp³-hybridized carbons (Fsp3) is 0.250. The molecule has 0 aromatic heterocycles. The molecule has 0 aliphatic carbocycles. The minimum atomic E-state index is -0.423. The zero-order valence-electron chi connectivity index (χ0n) is 12.0. The summed E-state index contributed by atoms with van der Waals surface area (Å²) in [6.07, 6.45) is -0.423. The molecule has 1 unspecified atom stereocenters. The summed E-state index contributed by atoms with van der Waals surface area (Å²) in [5, 5.41) is 3.49. The van der Waals surface area contributed by atoms with Crippen molar-refractivity contribution in [1.82, 2.24) is 0 Å². The maximum Gasteiger partial charge on any atom is 0.172 e. The van der Waals surface area contributed by atoms with Crippen LogP contribution >= 0.6 is 0 Å². The zero-order chi connectivity index (χ0) is 15.5. The van der Waals surface area contributed by atoms with Crippen molar-refractivity contribution in [3.63, 3.8) is 0 Å². The topological polar surface area (TPSA) is 67.2 Å². The highest BCUT2D eigenvalue weighted by Gasteiger charge is 2.26. The van der Waals surface area contributed by atoms with Gasteiger partial charge in [0.25, 0.3) is 0 Å². The summed E-state index contributed by atoms with van der Waals surface area (Å²) in [7, 11) is 0. The van der Waals surface area contributed by atoms with Crippen molar-refractivity contribution in [3.05, 3.63) is 58.2 Å². The molecule has 0 saturated heterocycles. The molecule has 0 radical (unpaired) electrons. The average Bonchev–Trinajstić information content (AvgIpc) is 2.54. The normalized spacial score (nSPS) is 16.0. The summed E-state index contributed by atoms with van der Waals surface area (Å²) in [5.41, 5.74) is 10.5. The van der Waals surface area contributed by atoms with Crippen LogP contribution in [0.3, 0.4) is 0 Å². The lowest BCUT2D eigenvalue weighted by Crippen LogP contribution is -2.32. The first-order valence-corrected chi connectivity index (χ1v) is 6.89. The van der Waals surface area contributed by atoms with Crippen LogP contribution in [0.2, 0.25) is 0 Å². The van der Waals surface area contributed by atoms with Crippen molar-refractivity contribution < 1.29 is 13.9 Å². The fourth-order valence-corrected chi connectivity index (χ4v) is 2.48. The Morgan fingerprint density at radius 1 is 1.32 bits per heavy atom. The number of rotatable bonds is 3. The first-order chi connectivity index (χ1) is 10.7. The predicted octanol–water partition coefficient (Wildman–Crippen LogP) is 4.25. The molecule has 0 fully saturated rings. The van der Waals surface area contributed by atoms with Gasteiger partial charge < -0.3 is 9.47 Å². The summed E-state index contributed by atoms with van der Waals surface area (Å²) < 4.78 is 25.8. The van der Waals surface area contributed by atoms with E-state index >= 15 is 0 Å². The molecule has 1 aliphatic heterocycles. The fourth-order valence-electron chi connectivity index (χ4n) is 2.48. The Labute approximate surface area is 126 Å². The molecule has 1 atom stereocenters. The SMILES string of the molecule is Cc1ccccc1-c1c(F)ccc2c1OC(CN=[N+]=[N-])CO2. The number of nitrogens with zero attached hydrogens (tertiary/aromatic N) is 3. The highest BCUT2D eigenvalue weighted by atomic mass is 19.1. The molecule has 0 spiro atoms. The summed E-state index contributed by atoms with van der Waals surface area (Å²) in [5.74, 6) is 0.483. The number of aryl methyl sites for hydroxylation is 1. The van der Waals surface area contributed by atoms with E-state index in [1.54, 1.807) is 6.07 Å². The van der Waals surface area contributed by atoms with Crippen LogP contribution in [0.4, 0.5) is 4.39 Å². The lowest BCUT2D eigenvalue weighted by Gasteiger charge is -2.28. The Kier molecular flexibility index (Phi) is 3.85. The number of halogens is 1. The van der Waals surface area contributed by atoms with Crippen LogP contribution in [0.15, 0.2) is 41.5 Å². The van der Waals surface area contributed by atoms with E-state index in [4.69, 9.17) is 15.0 Å². The Bertz CT molecular complexity index is 757. The Hall–Kier alpha value is -2.72. The van der Waals surface area contributed by atoms with Gasteiger partial charge in [-0.15, -0.1) is 0 Å². The average molecular weight is 299 g/mol. The zero-order valence-corrected chi connectivity index (χ0v) is 12.0. The molecular formula is C16H14FN3O2. The monoisotopic (exact) mass is 299 g/mol. The van der Waals surface area contributed by atoms with Gasteiger partial charge in [-0.1, -0.05) is 29.4 Å². The van der Waals surface area contributed by atoms with Crippen LogP contribution in [0, 0.1) is 12.7 Å². The maximum atomic E-state index is 14.4. The maximum absolute atomic E-state index is 14.4. The van der Waals surface area contributed by atoms with Crippen molar-refractivity contribution in [1.29, 1.82) is 0 Å². The van der Waals surface area contributed by atoms with Crippen molar-refractivity contribution in [2.75, 3.05) is 13.2 Å². The second-order valence-electron chi connectivity index (χ2n) is 5.03. The second kappa shape index (κ2) is 5.95. The van der Waals surface area contributed by atoms with Gasteiger partial charge in [-0.2, -0.15) is 0 Å². The first kappa shape index (κ1) is 14.2. The Morgan fingerprint density at radius 2 is 2.14 bits per heavy atom. The van der Waals surface area contributed by atoms with E-state index in [2.05, 4.69) is 10.0 Å². The largest absolute Gasteiger partial charge is 0.486 e. The van der Waals surface area contributed by atoms with E-state index < -0.39 is 6.10 Å². The van der Waals surface area contributed by atoms with Crippen LogP contribution in [0.1, 0.15) is 5.56 Å². The molecular weight excluding hydrogens is 285 g/mol. The molecule has 6 heteroatoms. The number of benzene rings is 2. The number of hydrogen-bond donors (Lipinski definition) is 0. The van der Waals surface area contributed by atoms with E-state index in [9.17, 15) is 4.39 Å². The van der Waals surface area contributed by atoms with Gasteiger partial charge >= 0.3 is 0 Å². The summed E-state index contributed by atoms with van der Waals surface area (Å²) in [6.45, 7) is 2.32. The van der Waals surface area contributed by atoms with Crippen LogP contribution in [-0.2, 0) is 0 Å². The van der Waals surface area contributed by atoms with Gasteiger partial charge in [0, 0.05) is 4.91 Å². The van der Waals surface area contributed by atoms with E-state index in [0.29, 0.717) is 17.1 Å². The minimum Gasteiger partial charge on any atom is -0.486 e. The van der Waals surface area contributed by atoms with Gasteiger partial charge in [0.1, 0.15) is 18.5 Å². The first-order valence-electron chi connectivity index (χ1n) is 6.89. The molecule has 22 heavy (non-hydrogen) atoms. The quantitative estimate of drug-likeness (QED) is 0.483. The van der Waals surface area contributed by atoms with Crippen molar-refractivity contribution in [2.24, 2.45) is 5.11 Å². The third-order valence-corrected chi connectivity index (χ3v) is 3.54. The standard InChI is InChI=1S/C16H14FN3O2/c1-10-4-2-3-5-12(10)15-13(17)6-7-14-16(15)22-11(9-21-14)8-19-20-18/h2-7,11H,8-9H2,1H3. The lowest BCUT2D eigenvalue weighted by atomic mass is 9.98. The van der Waals surface area contributed by atoms with E-state index in [-0.39, 0.29) is 19.0 Å². The molecule has 0 saturated carbocycles. The van der Waals surface area contributed by atoms with Crippen LogP contribution in [0.25, 0.3) is 21.6 Å². The van der Waals surface area contributed by atoms with E-state index in [1.165, 1.54) is 6.07 Å². The highest BCUT2D eigenvalue weighted by molar-refractivity contribution is 5.77. The number of ether oxygens (including phenoxy) is 2. The molecule has 3 rings (SSSR count). The van der Waals surface area contributed by atoms with Crippen LogP contribution < -0.4 is 9.47 Å². The van der Waals surface area contributed by atoms with Gasteiger partial charge in [0.15, 0.2) is 11.5 Å². The molecule has 2 aromatic rings. The van der Waals surface area contributed by atoms with Gasteiger partial charge in [-0.3, -0.25) is 0 Å². The molecule has 0 bridgehead atoms. The van der Waals surface area contributed by atoms with E-state index in [0.717, 1.165) is 11.1 Å². The number of fused-ring (bicyclic) bond motifs is 1. The second-order valence-corrected chi connectivity index (χ2v) is 5.03. The van der Waals surface area contributed by atoms with Gasteiger partial charge in [0.05, 0.1) is 12.1 Å². The number of azide groups is 1. The molecule has 5 nitrogen and oxygen atoms in total. The molecule has 1 aliphatic rings. The Morgan fingerprint density at radius 3 is 2.91 bits per heavy atom. The van der Waals surface area contributed by atoms with E-state index in [1.807, 2.05) is 31.2 Å². The smallest absolute Gasteiger partial charge is 0.172 e. The molecule has 0 N–H and O–H groups in total. The third-order valence-electron chi connectivity index (χ3n) is 3.54. The molecule has 1 heterocycles. The molecule has 2 aromatic carbocycles. The minimum absolute atomic E-state index is 0.139. The summed E-state index contributed by atoms with van der Waals surface area (Å²) in [4.78, 5) is 2.71. The number of hydrogen-bond acceptors (Lipinski definition) is 3. The van der Waals surface area contributed by atoms with Crippen molar-refractivity contribution in [3.8, 4) is 22.6 Å². The van der Waals surface area contributed by atoms with Crippen LogP contribution in [0.5, 0.6) is 11.5 Å². The summed E-state index contributed by atoms with van der Waals surface area (Å²) in [6, 6.07) is 10.4. The highest BCUT2D eigenvalue weighted by Crippen LogP contribution is 2.43.